The molecular weight excluding hydrogens is 366 g/mol. The Morgan fingerprint density at radius 1 is 0.966 bits per heavy atom. The first-order chi connectivity index (χ1) is 14.1. The Morgan fingerprint density at radius 3 is 2.45 bits per heavy atom. The SMILES string of the molecule is Cc1ccccc1OCc1nc2ccccc2c(=O)n1NC(=O)c1ccccc1. The second-order valence-electron chi connectivity index (χ2n) is 6.55. The summed E-state index contributed by atoms with van der Waals surface area (Å²) in [5, 5.41) is 0.417. The summed E-state index contributed by atoms with van der Waals surface area (Å²) in [6.07, 6.45) is 0. The zero-order valence-corrected chi connectivity index (χ0v) is 15.8. The van der Waals surface area contributed by atoms with E-state index in [2.05, 4.69) is 10.4 Å². The summed E-state index contributed by atoms with van der Waals surface area (Å²) in [6, 6.07) is 23.3. The molecule has 0 aliphatic rings. The van der Waals surface area contributed by atoms with E-state index in [0.717, 1.165) is 10.2 Å². The summed E-state index contributed by atoms with van der Waals surface area (Å²) < 4.78 is 7.04. The van der Waals surface area contributed by atoms with Crippen LogP contribution < -0.4 is 15.7 Å². The highest BCUT2D eigenvalue weighted by Crippen LogP contribution is 2.18. The molecule has 0 radical (unpaired) electrons. The first-order valence-corrected chi connectivity index (χ1v) is 9.19. The standard InChI is InChI=1S/C23H19N3O3/c1-16-9-5-8-14-20(16)29-15-21-24-19-13-7-6-12-18(19)23(28)26(21)25-22(27)17-10-3-2-4-11-17/h2-14H,15H2,1H3,(H,25,27). The lowest BCUT2D eigenvalue weighted by Gasteiger charge is -2.15. The van der Waals surface area contributed by atoms with Gasteiger partial charge in [0, 0.05) is 5.56 Å². The van der Waals surface area contributed by atoms with Crippen molar-refractivity contribution in [1.29, 1.82) is 0 Å². The van der Waals surface area contributed by atoms with Gasteiger partial charge in [0.05, 0.1) is 10.9 Å². The Hall–Kier alpha value is -3.93. The second-order valence-corrected chi connectivity index (χ2v) is 6.55. The van der Waals surface area contributed by atoms with Crippen molar-refractivity contribution in [1.82, 2.24) is 9.66 Å². The molecule has 0 saturated heterocycles. The van der Waals surface area contributed by atoms with Gasteiger partial charge in [-0.05, 0) is 42.8 Å². The van der Waals surface area contributed by atoms with Gasteiger partial charge in [0.15, 0.2) is 5.82 Å². The van der Waals surface area contributed by atoms with Crippen LogP contribution in [-0.4, -0.2) is 15.6 Å². The van der Waals surface area contributed by atoms with E-state index in [1.165, 1.54) is 0 Å². The molecule has 1 heterocycles. The fraction of sp³-hybridized carbons (Fsp3) is 0.0870. The number of nitrogens with zero attached hydrogens (tertiary/aromatic N) is 2. The number of aromatic nitrogens is 2. The Bertz CT molecular complexity index is 1230. The third-order valence-corrected chi connectivity index (χ3v) is 4.54. The van der Waals surface area contributed by atoms with Crippen LogP contribution in [0.1, 0.15) is 21.7 Å². The highest BCUT2D eigenvalue weighted by atomic mass is 16.5. The van der Waals surface area contributed by atoms with Gasteiger partial charge in [0.25, 0.3) is 11.5 Å². The Labute approximate surface area is 167 Å². The van der Waals surface area contributed by atoms with Gasteiger partial charge in [-0.25, -0.2) is 4.98 Å². The Kier molecular flexibility index (Phi) is 5.07. The number of carbonyl (C=O) groups is 1. The summed E-state index contributed by atoms with van der Waals surface area (Å²) in [7, 11) is 0. The van der Waals surface area contributed by atoms with E-state index in [0.29, 0.717) is 28.0 Å². The molecule has 0 bridgehead atoms. The minimum Gasteiger partial charge on any atom is -0.485 e. The van der Waals surface area contributed by atoms with Crippen molar-refractivity contribution >= 4 is 16.8 Å². The molecule has 1 amide bonds. The van der Waals surface area contributed by atoms with Crippen LogP contribution in [0.3, 0.4) is 0 Å². The van der Waals surface area contributed by atoms with Gasteiger partial charge in [-0.3, -0.25) is 15.0 Å². The first-order valence-electron chi connectivity index (χ1n) is 9.19. The molecule has 0 saturated carbocycles. The van der Waals surface area contributed by atoms with E-state index in [1.54, 1.807) is 42.5 Å². The molecule has 0 aliphatic carbocycles. The molecule has 4 rings (SSSR count). The van der Waals surface area contributed by atoms with Crippen LogP contribution in [0.5, 0.6) is 5.75 Å². The van der Waals surface area contributed by atoms with Gasteiger partial charge in [-0.1, -0.05) is 48.5 Å². The maximum Gasteiger partial charge on any atom is 0.280 e. The normalized spacial score (nSPS) is 10.7. The predicted molar refractivity (Wildman–Crippen MR) is 112 cm³/mol. The lowest BCUT2D eigenvalue weighted by molar-refractivity contribution is 0.100. The number of amides is 1. The fourth-order valence-electron chi connectivity index (χ4n) is 3.01. The summed E-state index contributed by atoms with van der Waals surface area (Å²) in [6.45, 7) is 1.97. The number of hydrogen-bond donors (Lipinski definition) is 1. The smallest absolute Gasteiger partial charge is 0.280 e. The largest absolute Gasteiger partial charge is 0.485 e. The highest BCUT2D eigenvalue weighted by molar-refractivity contribution is 6.00. The molecule has 0 atom stereocenters. The molecule has 6 heteroatoms. The average Bonchev–Trinajstić information content (AvgIpc) is 2.76. The molecular formula is C23H19N3O3. The predicted octanol–water partition coefficient (Wildman–Crippen LogP) is 3.67. The van der Waals surface area contributed by atoms with Crippen molar-refractivity contribution in [2.75, 3.05) is 5.43 Å². The average molecular weight is 385 g/mol. The van der Waals surface area contributed by atoms with E-state index in [-0.39, 0.29) is 12.2 Å². The molecule has 144 valence electrons. The summed E-state index contributed by atoms with van der Waals surface area (Å²) >= 11 is 0. The number of para-hydroxylation sites is 2. The number of fused-ring (bicyclic) bond motifs is 1. The first kappa shape index (κ1) is 18.4. The highest BCUT2D eigenvalue weighted by Gasteiger charge is 2.15. The Morgan fingerprint density at radius 2 is 1.66 bits per heavy atom. The van der Waals surface area contributed by atoms with E-state index in [9.17, 15) is 9.59 Å². The van der Waals surface area contributed by atoms with Crippen LogP contribution in [0, 0.1) is 6.92 Å². The van der Waals surface area contributed by atoms with Crippen LogP contribution in [0.25, 0.3) is 10.9 Å². The van der Waals surface area contributed by atoms with E-state index in [4.69, 9.17) is 4.74 Å². The van der Waals surface area contributed by atoms with Crippen LogP contribution in [-0.2, 0) is 6.61 Å². The third kappa shape index (κ3) is 3.87. The quantitative estimate of drug-likeness (QED) is 0.569. The molecule has 0 unspecified atom stereocenters. The second kappa shape index (κ2) is 7.98. The monoisotopic (exact) mass is 385 g/mol. The molecule has 29 heavy (non-hydrogen) atoms. The number of benzene rings is 3. The lowest BCUT2D eigenvalue weighted by Crippen LogP contribution is -2.37. The molecule has 1 N–H and O–H groups in total. The van der Waals surface area contributed by atoms with E-state index in [1.807, 2.05) is 43.3 Å². The molecule has 6 nitrogen and oxygen atoms in total. The molecule has 3 aromatic carbocycles. The molecule has 0 aliphatic heterocycles. The zero-order chi connectivity index (χ0) is 20.2. The van der Waals surface area contributed by atoms with Gasteiger partial charge in [-0.2, -0.15) is 4.68 Å². The van der Waals surface area contributed by atoms with Crippen molar-refractivity contribution in [2.24, 2.45) is 0 Å². The van der Waals surface area contributed by atoms with Crippen molar-refractivity contribution in [3.05, 3.63) is 106 Å². The van der Waals surface area contributed by atoms with Crippen molar-refractivity contribution in [3.63, 3.8) is 0 Å². The van der Waals surface area contributed by atoms with Gasteiger partial charge < -0.3 is 4.74 Å². The Balaban J connectivity index is 1.73. The van der Waals surface area contributed by atoms with Crippen molar-refractivity contribution < 1.29 is 9.53 Å². The van der Waals surface area contributed by atoms with Gasteiger partial charge in [-0.15, -0.1) is 0 Å². The maximum atomic E-state index is 13.0. The van der Waals surface area contributed by atoms with Crippen LogP contribution in [0.15, 0.2) is 83.7 Å². The molecule has 1 aromatic heterocycles. The molecule has 0 spiro atoms. The summed E-state index contributed by atoms with van der Waals surface area (Å²) in [4.78, 5) is 30.2. The van der Waals surface area contributed by atoms with Gasteiger partial charge in [0.2, 0.25) is 0 Å². The van der Waals surface area contributed by atoms with Crippen LogP contribution in [0.2, 0.25) is 0 Å². The maximum absolute atomic E-state index is 13.0. The summed E-state index contributed by atoms with van der Waals surface area (Å²) in [5.41, 5.74) is 4.26. The zero-order valence-electron chi connectivity index (χ0n) is 15.8. The van der Waals surface area contributed by atoms with E-state index >= 15 is 0 Å². The van der Waals surface area contributed by atoms with Gasteiger partial charge in [0.1, 0.15) is 12.4 Å². The van der Waals surface area contributed by atoms with Crippen LogP contribution >= 0.6 is 0 Å². The van der Waals surface area contributed by atoms with Crippen molar-refractivity contribution in [2.45, 2.75) is 13.5 Å². The number of ether oxygens (including phenoxy) is 1. The number of nitrogens with one attached hydrogen (secondary N) is 1. The minimum absolute atomic E-state index is 0.0278. The fourth-order valence-corrected chi connectivity index (χ4v) is 3.01. The number of hydrogen-bond acceptors (Lipinski definition) is 4. The lowest BCUT2D eigenvalue weighted by atomic mass is 10.2. The number of carbonyl (C=O) groups excluding carboxylic acids is 1. The number of rotatable bonds is 5. The van der Waals surface area contributed by atoms with Crippen LogP contribution in [0.4, 0.5) is 0 Å². The number of aryl methyl sites for hydroxylation is 1. The van der Waals surface area contributed by atoms with Gasteiger partial charge >= 0.3 is 0 Å². The molecule has 0 fully saturated rings. The van der Waals surface area contributed by atoms with Crippen molar-refractivity contribution in [3.8, 4) is 5.75 Å². The topological polar surface area (TPSA) is 73.2 Å². The third-order valence-electron chi connectivity index (χ3n) is 4.54. The minimum atomic E-state index is -0.401. The van der Waals surface area contributed by atoms with E-state index < -0.39 is 5.91 Å². The molecule has 4 aromatic rings. The summed E-state index contributed by atoms with van der Waals surface area (Å²) in [5.74, 6) is 0.596.